The Morgan fingerprint density at radius 1 is 1.55 bits per heavy atom. The largest absolute Gasteiger partial charge is 0.506 e. The van der Waals surface area contributed by atoms with Gasteiger partial charge in [-0.15, -0.1) is 4.73 Å². The first kappa shape index (κ1) is 14.4. The van der Waals surface area contributed by atoms with Gasteiger partial charge in [0.1, 0.15) is 12.4 Å². The van der Waals surface area contributed by atoms with Crippen LogP contribution >= 0.6 is 0 Å². The molecule has 22 heavy (non-hydrogen) atoms. The van der Waals surface area contributed by atoms with Crippen molar-refractivity contribution < 1.29 is 14.7 Å². The summed E-state index contributed by atoms with van der Waals surface area (Å²) in [4.78, 5) is 34.1. The van der Waals surface area contributed by atoms with Gasteiger partial charge in [-0.25, -0.2) is 0 Å². The van der Waals surface area contributed by atoms with Crippen LogP contribution in [0.3, 0.4) is 0 Å². The van der Waals surface area contributed by atoms with E-state index < -0.39 is 11.5 Å². The van der Waals surface area contributed by atoms with Gasteiger partial charge in [-0.3, -0.25) is 14.6 Å². The summed E-state index contributed by atoms with van der Waals surface area (Å²) in [7, 11) is 0. The molecule has 0 spiro atoms. The van der Waals surface area contributed by atoms with Gasteiger partial charge in [-0.05, 0) is 31.7 Å². The Morgan fingerprint density at radius 3 is 3.00 bits per heavy atom. The van der Waals surface area contributed by atoms with Crippen LogP contribution in [0.5, 0.6) is 5.75 Å². The van der Waals surface area contributed by atoms with Crippen molar-refractivity contribution in [3.63, 3.8) is 0 Å². The molecule has 2 heterocycles. The molecule has 0 aromatic carbocycles. The molecule has 1 aliphatic rings. The van der Waals surface area contributed by atoms with Crippen LogP contribution in [0.1, 0.15) is 30.1 Å². The Bertz CT molecular complexity index is 780. The summed E-state index contributed by atoms with van der Waals surface area (Å²) < 4.78 is 1.08. The van der Waals surface area contributed by atoms with Crippen LogP contribution in [0.25, 0.3) is 10.9 Å². The number of hydrogen-bond acceptors (Lipinski definition) is 5. The summed E-state index contributed by atoms with van der Waals surface area (Å²) in [5.41, 5.74) is -0.591. The molecular formula is C15H17N3O4. The fourth-order valence-electron chi connectivity index (χ4n) is 2.24. The van der Waals surface area contributed by atoms with Crippen molar-refractivity contribution in [3.05, 3.63) is 34.4 Å². The lowest BCUT2D eigenvalue weighted by atomic mass is 10.1. The number of aromatic nitrogens is 2. The van der Waals surface area contributed by atoms with Gasteiger partial charge >= 0.3 is 0 Å². The Hall–Kier alpha value is -2.57. The van der Waals surface area contributed by atoms with Crippen LogP contribution in [0, 0.1) is 5.92 Å². The Labute approximate surface area is 126 Å². The van der Waals surface area contributed by atoms with Gasteiger partial charge in [0.05, 0.1) is 10.9 Å². The zero-order chi connectivity index (χ0) is 15.7. The highest BCUT2D eigenvalue weighted by Crippen LogP contribution is 2.29. The van der Waals surface area contributed by atoms with Gasteiger partial charge in [0.25, 0.3) is 11.5 Å². The van der Waals surface area contributed by atoms with Gasteiger partial charge in [0, 0.05) is 18.9 Å². The molecule has 3 rings (SSSR count). The standard InChI is InChI=1S/C15H17N3O4/c1-2-17-14(20)12-13(19)10-7-16-6-5-11(10)18(15(12)21)22-8-9-3-4-9/h5-7,9,19H,2-4,8H2,1H3,(H,17,20). The molecule has 0 saturated heterocycles. The van der Waals surface area contributed by atoms with Crippen LogP contribution in [0.2, 0.25) is 0 Å². The second-order valence-electron chi connectivity index (χ2n) is 5.31. The van der Waals surface area contributed by atoms with Crippen molar-refractivity contribution in [1.82, 2.24) is 15.0 Å². The lowest BCUT2D eigenvalue weighted by molar-refractivity contribution is 0.0912. The topological polar surface area (TPSA) is 93.5 Å². The normalized spacial score (nSPS) is 14.0. The summed E-state index contributed by atoms with van der Waals surface area (Å²) in [6.07, 6.45) is 5.07. The number of aromatic hydroxyl groups is 1. The minimum atomic E-state index is -0.664. The number of rotatable bonds is 5. The van der Waals surface area contributed by atoms with Crippen molar-refractivity contribution in [1.29, 1.82) is 0 Å². The third kappa shape index (κ3) is 2.49. The lowest BCUT2D eigenvalue weighted by Gasteiger charge is -2.14. The maximum absolute atomic E-state index is 12.5. The summed E-state index contributed by atoms with van der Waals surface area (Å²) in [5, 5.41) is 13.1. The third-order valence-corrected chi connectivity index (χ3v) is 3.61. The SMILES string of the molecule is CCNC(=O)c1c(O)c2cnccc2n(OCC2CC2)c1=O. The Kier molecular flexibility index (Phi) is 3.70. The van der Waals surface area contributed by atoms with Crippen molar-refractivity contribution in [3.8, 4) is 5.75 Å². The number of hydrogen-bond donors (Lipinski definition) is 2. The van der Waals surface area contributed by atoms with E-state index in [0.717, 1.165) is 17.6 Å². The van der Waals surface area contributed by atoms with Crippen molar-refractivity contribution >= 4 is 16.8 Å². The van der Waals surface area contributed by atoms with Gasteiger partial charge in [0.15, 0.2) is 5.56 Å². The maximum Gasteiger partial charge on any atom is 0.300 e. The van der Waals surface area contributed by atoms with Crippen LogP contribution in [0.4, 0.5) is 0 Å². The fraction of sp³-hybridized carbons (Fsp3) is 0.400. The summed E-state index contributed by atoms with van der Waals surface area (Å²) in [5.74, 6) is -0.546. The van der Waals surface area contributed by atoms with Gasteiger partial charge in [-0.2, -0.15) is 0 Å². The van der Waals surface area contributed by atoms with E-state index >= 15 is 0 Å². The minimum Gasteiger partial charge on any atom is -0.506 e. The van der Waals surface area contributed by atoms with Gasteiger partial charge in [-0.1, -0.05) is 0 Å². The van der Waals surface area contributed by atoms with E-state index in [-0.39, 0.29) is 11.3 Å². The number of carbonyl (C=O) groups is 1. The molecule has 7 heteroatoms. The molecule has 2 N–H and O–H groups in total. The molecule has 1 fully saturated rings. The quantitative estimate of drug-likeness (QED) is 0.847. The Balaban J connectivity index is 2.17. The molecule has 2 aromatic rings. The van der Waals surface area contributed by atoms with Crippen LogP contribution < -0.4 is 15.7 Å². The van der Waals surface area contributed by atoms with Gasteiger partial charge in [0.2, 0.25) is 0 Å². The molecule has 0 radical (unpaired) electrons. The lowest BCUT2D eigenvalue weighted by Crippen LogP contribution is -2.36. The van der Waals surface area contributed by atoms with Crippen LogP contribution in [-0.2, 0) is 0 Å². The predicted octanol–water partition coefficient (Wildman–Crippen LogP) is 0.690. The molecule has 116 valence electrons. The van der Waals surface area contributed by atoms with E-state index in [9.17, 15) is 14.7 Å². The molecular weight excluding hydrogens is 286 g/mol. The monoisotopic (exact) mass is 303 g/mol. The second-order valence-corrected chi connectivity index (χ2v) is 5.31. The van der Waals surface area contributed by atoms with Crippen LogP contribution in [0.15, 0.2) is 23.3 Å². The van der Waals surface area contributed by atoms with E-state index in [1.807, 2.05) is 0 Å². The highest BCUT2D eigenvalue weighted by atomic mass is 16.7. The first-order chi connectivity index (χ1) is 10.6. The smallest absolute Gasteiger partial charge is 0.300 e. The number of nitrogens with one attached hydrogen (secondary N) is 1. The van der Waals surface area contributed by atoms with E-state index in [4.69, 9.17) is 4.84 Å². The van der Waals surface area contributed by atoms with Crippen molar-refractivity contribution in [2.75, 3.05) is 13.2 Å². The molecule has 0 unspecified atom stereocenters. The van der Waals surface area contributed by atoms with E-state index in [0.29, 0.717) is 30.0 Å². The van der Waals surface area contributed by atoms with E-state index in [1.165, 1.54) is 12.4 Å². The molecule has 0 atom stereocenters. The summed E-state index contributed by atoms with van der Waals surface area (Å²) in [6, 6.07) is 1.57. The second kappa shape index (κ2) is 5.67. The van der Waals surface area contributed by atoms with Crippen molar-refractivity contribution in [2.45, 2.75) is 19.8 Å². The van der Waals surface area contributed by atoms with Crippen molar-refractivity contribution in [2.24, 2.45) is 5.92 Å². The number of amides is 1. The number of fused-ring (bicyclic) bond motifs is 1. The molecule has 0 aliphatic heterocycles. The zero-order valence-electron chi connectivity index (χ0n) is 12.2. The predicted molar refractivity (Wildman–Crippen MR) is 79.8 cm³/mol. The molecule has 1 aliphatic carbocycles. The third-order valence-electron chi connectivity index (χ3n) is 3.61. The van der Waals surface area contributed by atoms with E-state index in [1.54, 1.807) is 13.0 Å². The highest BCUT2D eigenvalue weighted by molar-refractivity contribution is 6.01. The number of pyridine rings is 2. The van der Waals surface area contributed by atoms with Gasteiger partial charge < -0.3 is 15.3 Å². The average Bonchev–Trinajstić information content (AvgIpc) is 3.32. The maximum atomic E-state index is 12.5. The van der Waals surface area contributed by atoms with Crippen LogP contribution in [-0.4, -0.2) is 33.9 Å². The number of carbonyl (C=O) groups excluding carboxylic acids is 1. The molecule has 1 amide bonds. The molecule has 7 nitrogen and oxygen atoms in total. The first-order valence-electron chi connectivity index (χ1n) is 7.26. The van der Waals surface area contributed by atoms with E-state index in [2.05, 4.69) is 10.3 Å². The average molecular weight is 303 g/mol. The summed E-state index contributed by atoms with van der Waals surface area (Å²) in [6.45, 7) is 2.50. The molecule has 2 aromatic heterocycles. The minimum absolute atomic E-state index is 0.305. The fourth-order valence-corrected chi connectivity index (χ4v) is 2.24. The number of nitrogens with zero attached hydrogens (tertiary/aromatic N) is 2. The highest BCUT2D eigenvalue weighted by Gasteiger charge is 2.26. The first-order valence-corrected chi connectivity index (χ1v) is 7.26. The Morgan fingerprint density at radius 2 is 2.32 bits per heavy atom. The molecule has 1 saturated carbocycles. The summed E-state index contributed by atoms with van der Waals surface area (Å²) >= 11 is 0. The molecule has 0 bridgehead atoms. The zero-order valence-corrected chi connectivity index (χ0v) is 12.2.